The predicted octanol–water partition coefficient (Wildman–Crippen LogP) is -1.33. The van der Waals surface area contributed by atoms with Crippen LogP contribution in [0.5, 0.6) is 0 Å². The molecule has 0 saturated carbocycles. The van der Waals surface area contributed by atoms with Gasteiger partial charge >= 0.3 is 0 Å². The van der Waals surface area contributed by atoms with Crippen molar-refractivity contribution in [3.05, 3.63) is 0 Å². The third kappa shape index (κ3) is 1410. The molecule has 4 heteroatoms. The van der Waals surface area contributed by atoms with Crippen LogP contribution >= 0.6 is 0 Å². The second-order valence-electron chi connectivity index (χ2n) is 1.01. The lowest BCUT2D eigenvalue weighted by atomic mass is 10.7. The van der Waals surface area contributed by atoms with Crippen molar-refractivity contribution in [1.82, 2.24) is 0 Å². The lowest BCUT2D eigenvalue weighted by Gasteiger charge is -1.82. The minimum absolute atomic E-state index is 0.194. The fraction of sp³-hybridized carbons (Fsp3) is 0.500. The Balaban J connectivity index is 0. The van der Waals surface area contributed by atoms with Crippen LogP contribution in [0.4, 0.5) is 0 Å². The van der Waals surface area contributed by atoms with E-state index in [9.17, 15) is 0 Å². The molecule has 0 aliphatic heterocycles. The summed E-state index contributed by atoms with van der Waals surface area (Å²) in [5.74, 6) is 0. The van der Waals surface area contributed by atoms with Gasteiger partial charge in [-0.05, 0) is 6.92 Å². The normalized spacial score (nSPS) is 10.4. The standard InChI is InChI=1S/C2H7NO.C2H2O2/c1-2(3)4;3-1-2-4/h2,4H,3H2,1H3;1-2H. The van der Waals surface area contributed by atoms with Gasteiger partial charge in [-0.15, -0.1) is 0 Å². The monoisotopic (exact) mass is 119 g/mol. The fourth-order valence-corrected chi connectivity index (χ4v) is 0. The number of hydrogen-bond donors (Lipinski definition) is 2. The molecule has 0 spiro atoms. The molecule has 0 fully saturated rings. The van der Waals surface area contributed by atoms with Gasteiger partial charge in [-0.1, -0.05) is 0 Å². The molecule has 0 amide bonds. The second kappa shape index (κ2) is 9.54. The maximum Gasteiger partial charge on any atom is 0.182 e. The zero-order valence-electron chi connectivity index (χ0n) is 4.57. The largest absolute Gasteiger partial charge is 0.379 e. The first kappa shape index (κ1) is 10.3. The fourth-order valence-electron chi connectivity index (χ4n) is 0. The van der Waals surface area contributed by atoms with Crippen LogP contribution < -0.4 is 5.73 Å². The zero-order valence-corrected chi connectivity index (χ0v) is 4.57. The Labute approximate surface area is 47.3 Å². The first-order valence-electron chi connectivity index (χ1n) is 1.97. The van der Waals surface area contributed by atoms with E-state index in [4.69, 9.17) is 14.7 Å². The summed E-state index contributed by atoms with van der Waals surface area (Å²) in [6.07, 6.45) is -0.278. The van der Waals surface area contributed by atoms with Crippen molar-refractivity contribution in [2.24, 2.45) is 5.73 Å². The van der Waals surface area contributed by atoms with E-state index < -0.39 is 6.23 Å². The molecule has 4 nitrogen and oxygen atoms in total. The summed E-state index contributed by atoms with van der Waals surface area (Å²) in [6, 6.07) is 0. The lowest BCUT2D eigenvalue weighted by molar-refractivity contribution is -0.122. The highest BCUT2D eigenvalue weighted by molar-refractivity contribution is 6.09. The van der Waals surface area contributed by atoms with Gasteiger partial charge in [0.25, 0.3) is 0 Å². The summed E-state index contributed by atoms with van der Waals surface area (Å²) < 4.78 is 0. The van der Waals surface area contributed by atoms with Crippen LogP contribution in [0.25, 0.3) is 0 Å². The topological polar surface area (TPSA) is 80.4 Å². The number of aldehydes is 2. The van der Waals surface area contributed by atoms with Crippen LogP contribution in [0.15, 0.2) is 0 Å². The highest BCUT2D eigenvalue weighted by atomic mass is 16.3. The van der Waals surface area contributed by atoms with E-state index in [1.807, 2.05) is 0 Å². The first-order chi connectivity index (χ1) is 3.65. The summed E-state index contributed by atoms with van der Waals surface area (Å²) in [6.45, 7) is 1.50. The minimum atomic E-state index is -0.667. The van der Waals surface area contributed by atoms with Gasteiger partial charge in [-0.3, -0.25) is 9.59 Å². The summed E-state index contributed by atoms with van der Waals surface area (Å²) in [5.41, 5.74) is 4.67. The van der Waals surface area contributed by atoms with Crippen LogP contribution in [-0.4, -0.2) is 23.9 Å². The number of nitrogens with two attached hydrogens (primary N) is 1. The van der Waals surface area contributed by atoms with E-state index in [0.717, 1.165) is 0 Å². The van der Waals surface area contributed by atoms with Crippen LogP contribution in [-0.2, 0) is 9.59 Å². The van der Waals surface area contributed by atoms with Gasteiger partial charge in [0.1, 0.15) is 0 Å². The Morgan fingerprint density at radius 1 is 1.50 bits per heavy atom. The average molecular weight is 119 g/mol. The quantitative estimate of drug-likeness (QED) is 0.254. The Morgan fingerprint density at radius 2 is 1.62 bits per heavy atom. The van der Waals surface area contributed by atoms with Crippen LogP contribution in [0.1, 0.15) is 6.92 Å². The first-order valence-corrected chi connectivity index (χ1v) is 1.97. The zero-order chi connectivity index (χ0) is 6.99. The maximum absolute atomic E-state index is 8.81. The molecular formula is C4H9NO3. The van der Waals surface area contributed by atoms with Crippen molar-refractivity contribution in [1.29, 1.82) is 0 Å². The summed E-state index contributed by atoms with van der Waals surface area (Å²) >= 11 is 0. The van der Waals surface area contributed by atoms with Crippen molar-refractivity contribution in [3.63, 3.8) is 0 Å². The molecule has 0 saturated heterocycles. The molecular weight excluding hydrogens is 110 g/mol. The minimum Gasteiger partial charge on any atom is -0.379 e. The highest BCUT2D eigenvalue weighted by Crippen LogP contribution is 1.50. The van der Waals surface area contributed by atoms with Gasteiger partial charge in [0.2, 0.25) is 0 Å². The second-order valence-corrected chi connectivity index (χ2v) is 1.01. The number of carbonyl (C=O) groups is 2. The number of rotatable bonds is 1. The van der Waals surface area contributed by atoms with Gasteiger partial charge in [-0.2, -0.15) is 0 Å². The summed E-state index contributed by atoms with van der Waals surface area (Å²) in [7, 11) is 0. The van der Waals surface area contributed by atoms with Crippen LogP contribution in [0.2, 0.25) is 0 Å². The van der Waals surface area contributed by atoms with Crippen molar-refractivity contribution in [3.8, 4) is 0 Å². The molecule has 1 atom stereocenters. The van der Waals surface area contributed by atoms with Crippen LogP contribution in [0, 0.1) is 0 Å². The molecule has 0 heterocycles. The summed E-state index contributed by atoms with van der Waals surface area (Å²) in [4.78, 5) is 17.6. The Morgan fingerprint density at radius 3 is 1.62 bits per heavy atom. The van der Waals surface area contributed by atoms with Crippen molar-refractivity contribution in [2.45, 2.75) is 13.2 Å². The van der Waals surface area contributed by atoms with Gasteiger partial charge in [-0.25, -0.2) is 0 Å². The molecule has 0 aromatic heterocycles. The predicted molar refractivity (Wildman–Crippen MR) is 28.0 cm³/mol. The van der Waals surface area contributed by atoms with E-state index in [1.54, 1.807) is 0 Å². The number of aliphatic hydroxyl groups is 1. The molecule has 0 aromatic carbocycles. The van der Waals surface area contributed by atoms with Gasteiger partial charge in [0, 0.05) is 0 Å². The SMILES string of the molecule is CC(N)O.O=CC=O. The molecule has 0 rings (SSSR count). The number of aliphatic hydroxyl groups excluding tert-OH is 1. The van der Waals surface area contributed by atoms with E-state index in [-0.39, 0.29) is 12.6 Å². The highest BCUT2D eigenvalue weighted by Gasteiger charge is 1.68. The van der Waals surface area contributed by atoms with Gasteiger partial charge in [0.05, 0.1) is 6.23 Å². The van der Waals surface area contributed by atoms with Crippen LogP contribution in [0.3, 0.4) is 0 Å². The maximum atomic E-state index is 8.81. The Kier molecular flexibility index (Phi) is 12.3. The smallest absolute Gasteiger partial charge is 0.182 e. The molecule has 0 aromatic rings. The number of carbonyl (C=O) groups excluding carboxylic acids is 2. The molecule has 0 aliphatic carbocycles. The van der Waals surface area contributed by atoms with E-state index in [0.29, 0.717) is 0 Å². The molecule has 3 N–H and O–H groups in total. The Bertz CT molecular complexity index is 53.5. The van der Waals surface area contributed by atoms with Crippen molar-refractivity contribution >= 4 is 12.6 Å². The van der Waals surface area contributed by atoms with Crippen molar-refractivity contribution in [2.75, 3.05) is 0 Å². The third-order valence-electron chi connectivity index (χ3n) is 0.0556. The lowest BCUT2D eigenvalue weighted by Crippen LogP contribution is -2.11. The van der Waals surface area contributed by atoms with Gasteiger partial charge < -0.3 is 10.8 Å². The van der Waals surface area contributed by atoms with E-state index >= 15 is 0 Å². The average Bonchev–Trinajstić information content (AvgIpc) is 1.65. The molecule has 48 valence electrons. The summed E-state index contributed by atoms with van der Waals surface area (Å²) in [5, 5.41) is 7.83. The van der Waals surface area contributed by atoms with E-state index in [2.05, 4.69) is 5.73 Å². The number of hydrogen-bond acceptors (Lipinski definition) is 4. The molecule has 0 radical (unpaired) electrons. The molecule has 1 unspecified atom stereocenters. The molecule has 0 aliphatic rings. The Hall–Kier alpha value is -0.740. The van der Waals surface area contributed by atoms with E-state index in [1.165, 1.54) is 6.92 Å². The molecule has 8 heavy (non-hydrogen) atoms. The molecule has 0 bridgehead atoms. The van der Waals surface area contributed by atoms with Gasteiger partial charge in [0.15, 0.2) is 12.6 Å². The van der Waals surface area contributed by atoms with Crippen molar-refractivity contribution < 1.29 is 14.7 Å². The third-order valence-corrected chi connectivity index (χ3v) is 0.0556.